The maximum atomic E-state index is 9.67. The Morgan fingerprint density at radius 3 is 2.13 bits per heavy atom. The van der Waals surface area contributed by atoms with E-state index in [2.05, 4.69) is 33.8 Å². The molecule has 1 nitrogen and oxygen atoms in total. The van der Waals surface area contributed by atoms with E-state index in [4.69, 9.17) is 0 Å². The van der Waals surface area contributed by atoms with Crippen molar-refractivity contribution in [2.24, 2.45) is 0 Å². The van der Waals surface area contributed by atoms with Crippen LogP contribution in [0.15, 0.2) is 18.2 Å². The van der Waals surface area contributed by atoms with Gasteiger partial charge in [-0.2, -0.15) is 0 Å². The first-order valence-corrected chi connectivity index (χ1v) is 4.77. The van der Waals surface area contributed by atoms with Gasteiger partial charge >= 0.3 is 0 Å². The third kappa shape index (κ3) is 4.70. The molecule has 1 N–H and O–H groups in total. The summed E-state index contributed by atoms with van der Waals surface area (Å²) in [6, 6.07) is 5.86. The average molecular weight is 306 g/mol. The third-order valence-corrected chi connectivity index (χ3v) is 2.28. The molecular formula is C12H19ClOZr. The standard InChI is InChI=1S/C12H18O.ClH.Zr/c1-5-9-6-7-11(13)10(8-9)12(2,3)4;;/h6-8,13H,5H2,1-4H3;1H;. The van der Waals surface area contributed by atoms with Gasteiger partial charge in [-0.05, 0) is 29.0 Å². The minimum atomic E-state index is 0. The van der Waals surface area contributed by atoms with Crippen LogP contribution in [0.1, 0.15) is 38.8 Å². The Bertz CT molecular complexity index is 305. The molecule has 15 heavy (non-hydrogen) atoms. The Hall–Kier alpha value is 0.193. The van der Waals surface area contributed by atoms with Crippen LogP contribution in [-0.4, -0.2) is 5.11 Å². The normalized spacial score (nSPS) is 10.1. The molecule has 1 rings (SSSR count). The van der Waals surface area contributed by atoms with E-state index in [0.717, 1.165) is 12.0 Å². The Labute approximate surface area is 118 Å². The molecule has 3 heteroatoms. The van der Waals surface area contributed by atoms with Crippen LogP contribution < -0.4 is 0 Å². The van der Waals surface area contributed by atoms with Crippen LogP contribution >= 0.6 is 12.4 Å². The van der Waals surface area contributed by atoms with Crippen molar-refractivity contribution in [1.29, 1.82) is 0 Å². The largest absolute Gasteiger partial charge is 0.508 e. The summed E-state index contributed by atoms with van der Waals surface area (Å²) < 4.78 is 0. The first-order chi connectivity index (χ1) is 5.95. The maximum absolute atomic E-state index is 9.67. The predicted octanol–water partition coefficient (Wildman–Crippen LogP) is 3.67. The van der Waals surface area contributed by atoms with E-state index in [1.807, 2.05) is 6.07 Å². The molecule has 84 valence electrons. The second-order valence-corrected chi connectivity index (χ2v) is 4.46. The summed E-state index contributed by atoms with van der Waals surface area (Å²) in [5.41, 5.74) is 2.34. The molecule has 0 bridgehead atoms. The number of rotatable bonds is 1. The summed E-state index contributed by atoms with van der Waals surface area (Å²) in [5.74, 6) is 0.407. The Morgan fingerprint density at radius 2 is 1.73 bits per heavy atom. The molecule has 0 unspecified atom stereocenters. The van der Waals surface area contributed by atoms with Crippen molar-refractivity contribution in [3.8, 4) is 5.75 Å². The third-order valence-electron chi connectivity index (χ3n) is 2.28. The molecule has 0 aliphatic rings. The van der Waals surface area contributed by atoms with Crippen LogP contribution in [0.2, 0.25) is 0 Å². The van der Waals surface area contributed by atoms with Crippen LogP contribution in [0.3, 0.4) is 0 Å². The van der Waals surface area contributed by atoms with Crippen molar-refractivity contribution in [1.82, 2.24) is 0 Å². The summed E-state index contributed by atoms with van der Waals surface area (Å²) in [6.45, 7) is 8.46. The topological polar surface area (TPSA) is 20.2 Å². The minimum absolute atomic E-state index is 0. The van der Waals surface area contributed by atoms with Gasteiger partial charge in [0.2, 0.25) is 0 Å². The van der Waals surface area contributed by atoms with Crippen molar-refractivity contribution in [2.45, 2.75) is 39.5 Å². The van der Waals surface area contributed by atoms with Crippen molar-refractivity contribution in [3.05, 3.63) is 29.3 Å². The number of hydrogen-bond acceptors (Lipinski definition) is 1. The van der Waals surface area contributed by atoms with Crippen LogP contribution in [0, 0.1) is 0 Å². The fourth-order valence-electron chi connectivity index (χ4n) is 1.40. The van der Waals surface area contributed by atoms with Gasteiger partial charge in [-0.1, -0.05) is 39.8 Å². The van der Waals surface area contributed by atoms with Gasteiger partial charge < -0.3 is 5.11 Å². The van der Waals surface area contributed by atoms with Gasteiger partial charge in [-0.25, -0.2) is 0 Å². The van der Waals surface area contributed by atoms with Crippen LogP contribution in [-0.2, 0) is 38.0 Å². The van der Waals surface area contributed by atoms with Crippen molar-refractivity contribution in [2.75, 3.05) is 0 Å². The van der Waals surface area contributed by atoms with E-state index < -0.39 is 0 Å². The fourth-order valence-corrected chi connectivity index (χ4v) is 1.40. The molecule has 0 fully saturated rings. The van der Waals surface area contributed by atoms with Gasteiger partial charge in [0.05, 0.1) is 0 Å². The monoisotopic (exact) mass is 304 g/mol. The van der Waals surface area contributed by atoms with Gasteiger partial charge in [-0.3, -0.25) is 0 Å². The summed E-state index contributed by atoms with van der Waals surface area (Å²) in [5, 5.41) is 9.67. The smallest absolute Gasteiger partial charge is 0.119 e. The SMILES string of the molecule is CCc1ccc(O)c(C(C)(C)C)c1.Cl.[Zr]. The summed E-state index contributed by atoms with van der Waals surface area (Å²) in [4.78, 5) is 0. The summed E-state index contributed by atoms with van der Waals surface area (Å²) in [7, 11) is 0. The zero-order chi connectivity index (χ0) is 10.1. The molecular weight excluding hydrogens is 287 g/mol. The number of halogens is 1. The molecule has 0 heterocycles. The zero-order valence-electron chi connectivity index (χ0n) is 9.79. The maximum Gasteiger partial charge on any atom is 0.119 e. The van der Waals surface area contributed by atoms with Crippen LogP contribution in [0.5, 0.6) is 5.75 Å². The Balaban J connectivity index is 0. The molecule has 0 saturated carbocycles. The molecule has 0 aliphatic heterocycles. The summed E-state index contributed by atoms with van der Waals surface area (Å²) in [6.07, 6.45) is 1.02. The van der Waals surface area contributed by atoms with Crippen molar-refractivity contribution >= 4 is 12.4 Å². The van der Waals surface area contributed by atoms with Gasteiger partial charge in [0.25, 0.3) is 0 Å². The Morgan fingerprint density at radius 1 is 1.20 bits per heavy atom. The van der Waals surface area contributed by atoms with E-state index in [9.17, 15) is 5.11 Å². The second-order valence-electron chi connectivity index (χ2n) is 4.46. The molecule has 0 atom stereocenters. The first-order valence-electron chi connectivity index (χ1n) is 4.77. The zero-order valence-corrected chi connectivity index (χ0v) is 13.1. The molecule has 1 aromatic carbocycles. The molecule has 1 aromatic rings. The van der Waals surface area contributed by atoms with E-state index in [1.54, 1.807) is 6.07 Å². The Kier molecular flexibility index (Phi) is 7.86. The molecule has 0 amide bonds. The average Bonchev–Trinajstić information content (AvgIpc) is 2.03. The fraction of sp³-hybridized carbons (Fsp3) is 0.500. The number of aromatic hydroxyl groups is 1. The molecule has 0 aromatic heterocycles. The number of aryl methyl sites for hydroxylation is 1. The molecule has 0 saturated heterocycles. The quantitative estimate of drug-likeness (QED) is 0.839. The van der Waals surface area contributed by atoms with Gasteiger partial charge in [0.1, 0.15) is 5.75 Å². The predicted molar refractivity (Wildman–Crippen MR) is 63.4 cm³/mol. The first kappa shape index (κ1) is 17.6. The molecule has 0 spiro atoms. The number of phenolic OH excluding ortho intramolecular Hbond substituents is 1. The number of benzene rings is 1. The van der Waals surface area contributed by atoms with E-state index in [1.165, 1.54) is 5.56 Å². The van der Waals surface area contributed by atoms with Crippen molar-refractivity contribution < 1.29 is 31.3 Å². The van der Waals surface area contributed by atoms with Crippen LogP contribution in [0.25, 0.3) is 0 Å². The van der Waals surface area contributed by atoms with Crippen LogP contribution in [0.4, 0.5) is 0 Å². The second kappa shape index (κ2) is 6.71. The van der Waals surface area contributed by atoms with Gasteiger partial charge in [0.15, 0.2) is 0 Å². The van der Waals surface area contributed by atoms with E-state index >= 15 is 0 Å². The van der Waals surface area contributed by atoms with Gasteiger partial charge in [0, 0.05) is 26.2 Å². The van der Waals surface area contributed by atoms with Crippen molar-refractivity contribution in [3.63, 3.8) is 0 Å². The van der Waals surface area contributed by atoms with E-state index in [-0.39, 0.29) is 44.0 Å². The summed E-state index contributed by atoms with van der Waals surface area (Å²) >= 11 is 0. The number of phenols is 1. The minimum Gasteiger partial charge on any atom is -0.508 e. The van der Waals surface area contributed by atoms with Gasteiger partial charge in [-0.15, -0.1) is 12.4 Å². The molecule has 0 radical (unpaired) electrons. The van der Waals surface area contributed by atoms with E-state index in [0.29, 0.717) is 5.75 Å². The number of hydrogen-bond donors (Lipinski definition) is 1. The molecule has 0 aliphatic carbocycles.